The molecule has 0 fully saturated rings. The van der Waals surface area contributed by atoms with E-state index >= 15 is 0 Å². The molecule has 1 aromatic carbocycles. The lowest BCUT2D eigenvalue weighted by Gasteiger charge is -2.18. The molecule has 2 heteroatoms. The van der Waals surface area contributed by atoms with E-state index in [-0.39, 0.29) is 5.78 Å². The lowest BCUT2D eigenvalue weighted by Crippen LogP contribution is -2.03. The standard InChI is InChI=1S/C16H24O2/c1-6-18-16-10-9-15(13(4)14(16)5)11(2)7-8-12(3)17/h9-11H,6-8H2,1-5H3. The molecule has 0 aliphatic heterocycles. The monoisotopic (exact) mass is 248 g/mol. The predicted octanol–water partition coefficient (Wildman–Crippen LogP) is 4.17. The normalized spacial score (nSPS) is 12.3. The van der Waals surface area contributed by atoms with E-state index in [4.69, 9.17) is 4.74 Å². The molecular formula is C16H24O2. The van der Waals surface area contributed by atoms with Crippen molar-refractivity contribution in [2.24, 2.45) is 0 Å². The van der Waals surface area contributed by atoms with Crippen LogP contribution >= 0.6 is 0 Å². The third kappa shape index (κ3) is 3.59. The Kier molecular flexibility index (Phi) is 5.39. The van der Waals surface area contributed by atoms with Gasteiger partial charge in [-0.15, -0.1) is 0 Å². The number of hydrogen-bond acceptors (Lipinski definition) is 2. The molecule has 1 rings (SSSR count). The zero-order chi connectivity index (χ0) is 13.7. The average Bonchev–Trinajstić information content (AvgIpc) is 2.32. The van der Waals surface area contributed by atoms with Crippen molar-refractivity contribution in [2.45, 2.75) is 53.4 Å². The van der Waals surface area contributed by atoms with Crippen molar-refractivity contribution in [3.63, 3.8) is 0 Å². The van der Waals surface area contributed by atoms with Crippen LogP contribution in [0.15, 0.2) is 12.1 Å². The van der Waals surface area contributed by atoms with Gasteiger partial charge in [0, 0.05) is 6.42 Å². The summed E-state index contributed by atoms with van der Waals surface area (Å²) in [6.45, 7) is 10.8. The highest BCUT2D eigenvalue weighted by Gasteiger charge is 2.13. The predicted molar refractivity (Wildman–Crippen MR) is 75.4 cm³/mol. The third-order valence-electron chi connectivity index (χ3n) is 3.54. The van der Waals surface area contributed by atoms with Crippen molar-refractivity contribution in [1.82, 2.24) is 0 Å². The van der Waals surface area contributed by atoms with Crippen molar-refractivity contribution in [3.05, 3.63) is 28.8 Å². The van der Waals surface area contributed by atoms with Crippen LogP contribution in [0.4, 0.5) is 0 Å². The molecule has 0 saturated heterocycles. The van der Waals surface area contributed by atoms with E-state index in [9.17, 15) is 4.79 Å². The second-order valence-corrected chi connectivity index (χ2v) is 4.98. The first-order chi connectivity index (χ1) is 8.47. The summed E-state index contributed by atoms with van der Waals surface area (Å²) < 4.78 is 5.60. The molecule has 0 aliphatic carbocycles. The highest BCUT2D eigenvalue weighted by Crippen LogP contribution is 2.30. The SMILES string of the molecule is CCOc1ccc(C(C)CCC(C)=O)c(C)c1C. The minimum absolute atomic E-state index is 0.266. The minimum Gasteiger partial charge on any atom is -0.494 e. The fraction of sp³-hybridized carbons (Fsp3) is 0.562. The molecule has 1 aromatic rings. The summed E-state index contributed by atoms with van der Waals surface area (Å²) in [5.74, 6) is 1.66. The maximum Gasteiger partial charge on any atom is 0.129 e. The largest absolute Gasteiger partial charge is 0.494 e. The maximum atomic E-state index is 11.1. The number of ketones is 1. The first-order valence-electron chi connectivity index (χ1n) is 6.69. The lowest BCUT2D eigenvalue weighted by molar-refractivity contribution is -0.117. The van der Waals surface area contributed by atoms with Gasteiger partial charge in [-0.1, -0.05) is 13.0 Å². The zero-order valence-corrected chi connectivity index (χ0v) is 12.2. The number of Topliss-reactive ketones (excluding diaryl/α,β-unsaturated/α-hetero) is 1. The first-order valence-corrected chi connectivity index (χ1v) is 6.69. The van der Waals surface area contributed by atoms with E-state index in [1.807, 2.05) is 13.0 Å². The molecule has 0 aliphatic rings. The van der Waals surface area contributed by atoms with Gasteiger partial charge in [-0.2, -0.15) is 0 Å². The quantitative estimate of drug-likeness (QED) is 0.755. The fourth-order valence-corrected chi connectivity index (χ4v) is 2.24. The van der Waals surface area contributed by atoms with Crippen molar-refractivity contribution in [2.75, 3.05) is 6.61 Å². The summed E-state index contributed by atoms with van der Waals surface area (Å²) >= 11 is 0. The van der Waals surface area contributed by atoms with Crippen LogP contribution in [0, 0.1) is 13.8 Å². The Morgan fingerprint density at radius 3 is 2.50 bits per heavy atom. The molecule has 0 heterocycles. The van der Waals surface area contributed by atoms with Gasteiger partial charge >= 0.3 is 0 Å². The van der Waals surface area contributed by atoms with Crippen LogP contribution in [0.2, 0.25) is 0 Å². The van der Waals surface area contributed by atoms with Crippen LogP contribution in [0.25, 0.3) is 0 Å². The number of hydrogen-bond donors (Lipinski definition) is 0. The molecular weight excluding hydrogens is 224 g/mol. The van der Waals surface area contributed by atoms with Gasteiger partial charge in [-0.25, -0.2) is 0 Å². The van der Waals surface area contributed by atoms with Gasteiger partial charge in [0.2, 0.25) is 0 Å². The average molecular weight is 248 g/mol. The van der Waals surface area contributed by atoms with Gasteiger partial charge in [-0.05, 0) is 62.8 Å². The van der Waals surface area contributed by atoms with E-state index < -0.39 is 0 Å². The molecule has 1 atom stereocenters. The molecule has 0 amide bonds. The van der Waals surface area contributed by atoms with Crippen molar-refractivity contribution < 1.29 is 9.53 Å². The second-order valence-electron chi connectivity index (χ2n) is 4.98. The zero-order valence-electron chi connectivity index (χ0n) is 12.2. The molecule has 0 aromatic heterocycles. The van der Waals surface area contributed by atoms with Crippen LogP contribution in [0.3, 0.4) is 0 Å². The molecule has 1 unspecified atom stereocenters. The number of rotatable bonds is 6. The van der Waals surface area contributed by atoms with Gasteiger partial charge in [-0.3, -0.25) is 0 Å². The van der Waals surface area contributed by atoms with Gasteiger partial charge < -0.3 is 9.53 Å². The first kappa shape index (κ1) is 14.7. The Morgan fingerprint density at radius 2 is 1.94 bits per heavy atom. The summed E-state index contributed by atoms with van der Waals surface area (Å²) in [7, 11) is 0. The third-order valence-corrected chi connectivity index (χ3v) is 3.54. The Labute approximate surface area is 110 Å². The summed E-state index contributed by atoms with van der Waals surface area (Å²) in [5, 5.41) is 0. The molecule has 18 heavy (non-hydrogen) atoms. The van der Waals surface area contributed by atoms with Crippen molar-refractivity contribution in [3.8, 4) is 5.75 Å². The lowest BCUT2D eigenvalue weighted by atomic mass is 9.89. The van der Waals surface area contributed by atoms with Crippen LogP contribution in [-0.4, -0.2) is 12.4 Å². The van der Waals surface area contributed by atoms with Crippen LogP contribution < -0.4 is 4.74 Å². The molecule has 0 N–H and O–H groups in total. The van der Waals surface area contributed by atoms with Gasteiger partial charge in [0.15, 0.2) is 0 Å². The van der Waals surface area contributed by atoms with Crippen LogP contribution in [0.1, 0.15) is 56.2 Å². The minimum atomic E-state index is 0.266. The molecule has 100 valence electrons. The van der Waals surface area contributed by atoms with Crippen molar-refractivity contribution >= 4 is 5.78 Å². The second kappa shape index (κ2) is 6.58. The highest BCUT2D eigenvalue weighted by molar-refractivity contribution is 5.75. The Bertz CT molecular complexity index is 421. The smallest absolute Gasteiger partial charge is 0.129 e. The summed E-state index contributed by atoms with van der Waals surface area (Å²) in [6.07, 6.45) is 1.58. The topological polar surface area (TPSA) is 26.3 Å². The van der Waals surface area contributed by atoms with Gasteiger partial charge in [0.1, 0.15) is 11.5 Å². The van der Waals surface area contributed by atoms with Gasteiger partial charge in [0.25, 0.3) is 0 Å². The summed E-state index contributed by atoms with van der Waals surface area (Å²) in [5.41, 5.74) is 3.83. The Hall–Kier alpha value is -1.31. The number of ether oxygens (including phenoxy) is 1. The van der Waals surface area contributed by atoms with E-state index in [1.54, 1.807) is 6.92 Å². The summed E-state index contributed by atoms with van der Waals surface area (Å²) in [4.78, 5) is 11.1. The van der Waals surface area contributed by atoms with E-state index in [2.05, 4.69) is 26.8 Å². The Balaban J connectivity index is 2.90. The van der Waals surface area contributed by atoms with E-state index in [0.29, 0.717) is 18.9 Å². The molecule has 0 bridgehead atoms. The molecule has 0 saturated carbocycles. The summed E-state index contributed by atoms with van der Waals surface area (Å²) in [6, 6.07) is 4.18. The Morgan fingerprint density at radius 1 is 1.28 bits per heavy atom. The molecule has 0 radical (unpaired) electrons. The number of carbonyl (C=O) groups is 1. The van der Waals surface area contributed by atoms with Gasteiger partial charge in [0.05, 0.1) is 6.61 Å². The number of benzene rings is 1. The van der Waals surface area contributed by atoms with Crippen LogP contribution in [-0.2, 0) is 4.79 Å². The fourth-order valence-electron chi connectivity index (χ4n) is 2.24. The van der Waals surface area contributed by atoms with E-state index in [0.717, 1.165) is 12.2 Å². The maximum absolute atomic E-state index is 11.1. The van der Waals surface area contributed by atoms with Crippen LogP contribution in [0.5, 0.6) is 5.75 Å². The van der Waals surface area contributed by atoms with Crippen molar-refractivity contribution in [1.29, 1.82) is 0 Å². The molecule has 2 nitrogen and oxygen atoms in total. The molecule has 0 spiro atoms. The highest BCUT2D eigenvalue weighted by atomic mass is 16.5. The number of carbonyl (C=O) groups excluding carboxylic acids is 1. The van der Waals surface area contributed by atoms with E-state index in [1.165, 1.54) is 16.7 Å².